The van der Waals surface area contributed by atoms with Crippen LogP contribution in [0.4, 0.5) is 0 Å². The van der Waals surface area contributed by atoms with Gasteiger partial charge < -0.3 is 19.9 Å². The predicted octanol–water partition coefficient (Wildman–Crippen LogP) is 5.78. The summed E-state index contributed by atoms with van der Waals surface area (Å²) in [6.45, 7) is 6.63. The minimum Gasteiger partial charge on any atom is -0.454 e. The molecule has 0 bridgehead atoms. The Bertz CT molecular complexity index is 1690. The Morgan fingerprint density at radius 3 is 2.49 bits per heavy atom. The van der Waals surface area contributed by atoms with Crippen molar-refractivity contribution in [1.29, 1.82) is 0 Å². The van der Waals surface area contributed by atoms with Crippen LogP contribution in [0.2, 0.25) is 0 Å². The van der Waals surface area contributed by atoms with E-state index in [1.165, 1.54) is 0 Å². The molecule has 1 aromatic heterocycles. The largest absolute Gasteiger partial charge is 0.454 e. The Labute approximate surface area is 254 Å². The van der Waals surface area contributed by atoms with Gasteiger partial charge in [0.25, 0.3) is 5.91 Å². The third kappa shape index (κ3) is 5.93. The van der Waals surface area contributed by atoms with Gasteiger partial charge in [-0.15, -0.1) is 0 Å². The number of fused-ring (bicyclic) bond motifs is 2. The first-order valence-electron chi connectivity index (χ1n) is 14.4. The average molecular weight is 598 g/mol. The number of hydrogen-bond acceptors (Lipinski definition) is 6. The van der Waals surface area contributed by atoms with E-state index in [2.05, 4.69) is 23.5 Å². The molecule has 3 aromatic carbocycles. The first-order chi connectivity index (χ1) is 20.7. The Hall–Kier alpha value is -4.05. The number of nitrogens with one attached hydrogen (secondary N) is 1. The van der Waals surface area contributed by atoms with Crippen LogP contribution in [0.3, 0.4) is 0 Å². The second kappa shape index (κ2) is 11.9. The molecule has 0 radical (unpaired) electrons. The van der Waals surface area contributed by atoms with Crippen molar-refractivity contribution in [3.63, 3.8) is 0 Å². The summed E-state index contributed by atoms with van der Waals surface area (Å²) in [6, 6.07) is 25.3. The van der Waals surface area contributed by atoms with Crippen molar-refractivity contribution in [2.24, 2.45) is 0 Å². The second-order valence-corrected chi connectivity index (χ2v) is 13.9. The Balaban J connectivity index is 1.40. The Morgan fingerprint density at radius 1 is 0.977 bits per heavy atom. The van der Waals surface area contributed by atoms with E-state index in [-0.39, 0.29) is 31.0 Å². The molecular weight excluding hydrogens is 562 g/mol. The fourth-order valence-corrected chi connectivity index (χ4v) is 7.01. The molecule has 4 aromatic rings. The van der Waals surface area contributed by atoms with Gasteiger partial charge in [0.15, 0.2) is 11.5 Å². The molecule has 9 heteroatoms. The normalized spacial score (nSPS) is 16.6. The predicted molar refractivity (Wildman–Crippen MR) is 167 cm³/mol. The van der Waals surface area contributed by atoms with E-state index < -0.39 is 15.7 Å². The smallest absolute Gasteiger partial charge is 0.270 e. The van der Waals surface area contributed by atoms with Crippen LogP contribution < -0.4 is 14.8 Å². The third-order valence-corrected chi connectivity index (χ3v) is 9.51. The molecule has 2 N–H and O–H groups in total. The van der Waals surface area contributed by atoms with Crippen molar-refractivity contribution in [3.8, 4) is 33.9 Å². The zero-order chi connectivity index (χ0) is 30.1. The average Bonchev–Trinajstić information content (AvgIpc) is 3.63. The summed E-state index contributed by atoms with van der Waals surface area (Å²) >= 11 is 0. The summed E-state index contributed by atoms with van der Waals surface area (Å²) in [6.07, 6.45) is 0.400. The van der Waals surface area contributed by atoms with Crippen molar-refractivity contribution >= 4 is 16.9 Å². The van der Waals surface area contributed by atoms with Crippen LogP contribution in [-0.4, -0.2) is 42.7 Å². The second-order valence-electron chi connectivity index (χ2n) is 11.7. The standard InChI is InChI=1S/C34H35N3O5S/c1-34(2,3)43(40)37-20-26-18-27(33(39)35-19-22-12-13-29-30(16-22)42-21-41-29)36-32(31(26)28(37)14-15-38)25-11-7-10-24(17-25)23-8-5-4-6-9-23/h4-13,16-18,28,38H,14-15,19-21H2,1-3H3,(H,35,39)/t28-,43?/m0/s1. The van der Waals surface area contributed by atoms with Crippen LogP contribution in [0.1, 0.15) is 60.4 Å². The van der Waals surface area contributed by atoms with E-state index in [1.54, 1.807) is 6.07 Å². The Morgan fingerprint density at radius 2 is 1.72 bits per heavy atom. The van der Waals surface area contributed by atoms with Crippen LogP contribution in [0.5, 0.6) is 11.5 Å². The lowest BCUT2D eigenvalue weighted by atomic mass is 9.94. The molecule has 8 nitrogen and oxygen atoms in total. The zero-order valence-electron chi connectivity index (χ0n) is 24.5. The van der Waals surface area contributed by atoms with Gasteiger partial charge >= 0.3 is 0 Å². The molecule has 2 atom stereocenters. The summed E-state index contributed by atoms with van der Waals surface area (Å²) in [5, 5.41) is 13.1. The number of hydrogen-bond donors (Lipinski definition) is 2. The lowest BCUT2D eigenvalue weighted by Gasteiger charge is -2.30. The maximum atomic E-state index is 13.7. The fraction of sp³-hybridized carbons (Fsp3) is 0.294. The number of amides is 1. The zero-order valence-corrected chi connectivity index (χ0v) is 25.3. The highest BCUT2D eigenvalue weighted by atomic mass is 32.2. The minimum absolute atomic E-state index is 0.0663. The lowest BCUT2D eigenvalue weighted by Crippen LogP contribution is -2.36. The van der Waals surface area contributed by atoms with E-state index in [9.17, 15) is 14.1 Å². The van der Waals surface area contributed by atoms with Crippen molar-refractivity contribution in [2.75, 3.05) is 13.4 Å². The molecular formula is C34H35N3O5S. The van der Waals surface area contributed by atoms with E-state index in [1.807, 2.05) is 79.7 Å². The molecule has 1 amide bonds. The number of ether oxygens (including phenoxy) is 2. The van der Waals surface area contributed by atoms with Gasteiger partial charge in [0.05, 0.1) is 16.5 Å². The number of carbonyl (C=O) groups is 1. The van der Waals surface area contributed by atoms with Crippen molar-refractivity contribution in [2.45, 2.75) is 51.1 Å². The van der Waals surface area contributed by atoms with Crippen LogP contribution in [0.25, 0.3) is 22.4 Å². The van der Waals surface area contributed by atoms with Crippen LogP contribution in [0, 0.1) is 0 Å². The molecule has 222 valence electrons. The lowest BCUT2D eigenvalue weighted by molar-refractivity contribution is 0.0945. The molecule has 2 aliphatic rings. The van der Waals surface area contributed by atoms with Gasteiger partial charge in [-0.2, -0.15) is 0 Å². The number of nitrogens with zero attached hydrogens (tertiary/aromatic N) is 2. The third-order valence-electron chi connectivity index (χ3n) is 7.66. The van der Waals surface area contributed by atoms with Gasteiger partial charge in [-0.25, -0.2) is 13.5 Å². The summed E-state index contributed by atoms with van der Waals surface area (Å²) in [5.74, 6) is 1.03. The molecule has 2 aliphatic heterocycles. The number of aliphatic hydroxyl groups is 1. The van der Waals surface area contributed by atoms with Crippen molar-refractivity contribution in [1.82, 2.24) is 14.6 Å². The molecule has 43 heavy (non-hydrogen) atoms. The molecule has 0 spiro atoms. The van der Waals surface area contributed by atoms with Crippen LogP contribution >= 0.6 is 0 Å². The highest BCUT2D eigenvalue weighted by Gasteiger charge is 2.40. The maximum Gasteiger partial charge on any atom is 0.270 e. The number of pyridine rings is 1. The molecule has 1 unspecified atom stereocenters. The minimum atomic E-state index is -1.34. The monoisotopic (exact) mass is 597 g/mol. The maximum absolute atomic E-state index is 13.7. The van der Waals surface area contributed by atoms with Crippen molar-refractivity contribution in [3.05, 3.63) is 101 Å². The summed E-state index contributed by atoms with van der Waals surface area (Å²) in [4.78, 5) is 18.5. The molecule has 3 heterocycles. The Kier molecular flexibility index (Phi) is 8.05. The number of rotatable bonds is 8. The summed E-state index contributed by atoms with van der Waals surface area (Å²) in [5.41, 5.74) is 6.57. The molecule has 0 saturated heterocycles. The number of aliphatic hydroxyl groups excluding tert-OH is 1. The van der Waals surface area contributed by atoms with Crippen molar-refractivity contribution < 1.29 is 23.6 Å². The van der Waals surface area contributed by atoms with Crippen LogP contribution in [0.15, 0.2) is 78.9 Å². The van der Waals surface area contributed by atoms with E-state index in [0.29, 0.717) is 36.7 Å². The SMILES string of the molecule is CC(C)(C)S(=O)N1Cc2cc(C(=O)NCc3ccc4c(c3)OCO4)nc(-c3cccc(-c4ccccc4)c3)c2[C@@H]1CCO. The summed E-state index contributed by atoms with van der Waals surface area (Å²) in [7, 11) is -1.34. The number of carbonyl (C=O) groups excluding carboxylic acids is 1. The topological polar surface area (TPSA) is 101 Å². The first kappa shape index (κ1) is 29.0. The summed E-state index contributed by atoms with van der Waals surface area (Å²) < 4.78 is 26.0. The quantitative estimate of drug-likeness (QED) is 0.267. The molecule has 0 saturated carbocycles. The number of benzene rings is 3. The van der Waals surface area contributed by atoms with E-state index >= 15 is 0 Å². The van der Waals surface area contributed by atoms with Gasteiger partial charge in [0.2, 0.25) is 6.79 Å². The van der Waals surface area contributed by atoms with E-state index in [4.69, 9.17) is 14.5 Å². The van der Waals surface area contributed by atoms with Gasteiger partial charge in [0, 0.05) is 30.8 Å². The number of aromatic nitrogens is 1. The highest BCUT2D eigenvalue weighted by Crippen LogP contribution is 2.44. The highest BCUT2D eigenvalue weighted by molar-refractivity contribution is 7.84. The first-order valence-corrected chi connectivity index (χ1v) is 15.5. The molecule has 0 aliphatic carbocycles. The van der Waals surface area contributed by atoms with Gasteiger partial charge in [-0.3, -0.25) is 4.79 Å². The fourth-order valence-electron chi connectivity index (χ4n) is 5.61. The molecule has 6 rings (SSSR count). The van der Waals surface area contributed by atoms with E-state index in [0.717, 1.165) is 33.4 Å². The van der Waals surface area contributed by atoms with Crippen LogP contribution in [-0.2, 0) is 24.1 Å². The van der Waals surface area contributed by atoms with Gasteiger partial charge in [-0.1, -0.05) is 54.6 Å². The van der Waals surface area contributed by atoms with Gasteiger partial charge in [0.1, 0.15) is 16.7 Å². The molecule has 0 fully saturated rings. The van der Waals surface area contributed by atoms with Gasteiger partial charge in [-0.05, 0) is 73.7 Å².